The molecule has 3 rings (SSSR count). The molecule has 1 aromatic rings. The van der Waals surface area contributed by atoms with Gasteiger partial charge in [-0.2, -0.15) is 0 Å². The van der Waals surface area contributed by atoms with Gasteiger partial charge in [-0.1, -0.05) is 5.16 Å². The van der Waals surface area contributed by atoms with Crippen molar-refractivity contribution in [1.29, 1.82) is 0 Å². The lowest BCUT2D eigenvalue weighted by molar-refractivity contribution is -0.134. The first-order valence-electron chi connectivity index (χ1n) is 7.96. The summed E-state index contributed by atoms with van der Waals surface area (Å²) in [5, 5.41) is 6.92. The first-order valence-corrected chi connectivity index (χ1v) is 7.96. The second-order valence-corrected chi connectivity index (χ2v) is 5.79. The van der Waals surface area contributed by atoms with Gasteiger partial charge in [-0.15, -0.1) is 0 Å². The van der Waals surface area contributed by atoms with Crippen LogP contribution in [0.2, 0.25) is 0 Å². The van der Waals surface area contributed by atoms with E-state index in [0.29, 0.717) is 26.2 Å². The summed E-state index contributed by atoms with van der Waals surface area (Å²) >= 11 is 0. The first-order chi connectivity index (χ1) is 10.7. The first kappa shape index (κ1) is 14.9. The highest BCUT2D eigenvalue weighted by Crippen LogP contribution is 2.24. The van der Waals surface area contributed by atoms with Crippen LogP contribution in [0.25, 0.3) is 0 Å². The Morgan fingerprint density at radius 2 is 2.14 bits per heavy atom. The molecule has 1 aliphatic heterocycles. The third kappa shape index (κ3) is 2.93. The third-order valence-electron chi connectivity index (χ3n) is 4.43. The molecule has 0 radical (unpaired) electrons. The van der Waals surface area contributed by atoms with Gasteiger partial charge in [0.05, 0.1) is 6.54 Å². The number of hydrogen-bond acceptors (Lipinski definition) is 4. The lowest BCUT2D eigenvalue weighted by atomic mass is 9.96. The number of aromatic nitrogens is 1. The zero-order valence-corrected chi connectivity index (χ0v) is 12.9. The number of nitrogens with zero attached hydrogens (tertiary/aromatic N) is 3. The predicted molar refractivity (Wildman–Crippen MR) is 79.2 cm³/mol. The Labute approximate surface area is 129 Å². The maximum Gasteiger partial charge on any atom is 0.318 e. The lowest BCUT2D eigenvalue weighted by Gasteiger charge is -2.33. The van der Waals surface area contributed by atoms with Gasteiger partial charge in [-0.05, 0) is 26.2 Å². The van der Waals surface area contributed by atoms with E-state index >= 15 is 0 Å². The largest absolute Gasteiger partial charge is 0.361 e. The van der Waals surface area contributed by atoms with Crippen LogP contribution in [-0.2, 0) is 24.2 Å². The van der Waals surface area contributed by atoms with Gasteiger partial charge < -0.3 is 19.6 Å². The monoisotopic (exact) mass is 306 g/mol. The van der Waals surface area contributed by atoms with Crippen molar-refractivity contribution in [3.8, 4) is 0 Å². The molecule has 120 valence electrons. The van der Waals surface area contributed by atoms with Crippen molar-refractivity contribution < 1.29 is 14.1 Å². The van der Waals surface area contributed by atoms with E-state index in [1.165, 1.54) is 0 Å². The molecule has 1 aliphatic carbocycles. The SMILES string of the molecule is CCN1CCN(C(=O)NCc2noc3c2CCCC3)CC1=O. The Hall–Kier alpha value is -2.05. The van der Waals surface area contributed by atoms with Gasteiger partial charge in [0.25, 0.3) is 0 Å². The maximum absolute atomic E-state index is 12.2. The second kappa shape index (κ2) is 6.37. The van der Waals surface area contributed by atoms with Gasteiger partial charge >= 0.3 is 6.03 Å². The van der Waals surface area contributed by atoms with Crippen molar-refractivity contribution in [2.75, 3.05) is 26.2 Å². The fourth-order valence-corrected chi connectivity index (χ4v) is 3.08. The molecule has 1 aromatic heterocycles. The quantitative estimate of drug-likeness (QED) is 0.901. The molecule has 0 saturated carbocycles. The summed E-state index contributed by atoms with van der Waals surface area (Å²) in [6.07, 6.45) is 4.18. The number of urea groups is 1. The average molecular weight is 306 g/mol. The molecule has 1 fully saturated rings. The van der Waals surface area contributed by atoms with Crippen molar-refractivity contribution in [3.63, 3.8) is 0 Å². The molecule has 3 amide bonds. The summed E-state index contributed by atoms with van der Waals surface area (Å²) in [6.45, 7) is 4.32. The van der Waals surface area contributed by atoms with Crippen molar-refractivity contribution >= 4 is 11.9 Å². The van der Waals surface area contributed by atoms with E-state index in [-0.39, 0.29) is 18.5 Å². The number of amides is 3. The van der Waals surface area contributed by atoms with Crippen molar-refractivity contribution in [2.24, 2.45) is 0 Å². The molecule has 1 N–H and O–H groups in total. The fourth-order valence-electron chi connectivity index (χ4n) is 3.08. The Balaban J connectivity index is 1.54. The van der Waals surface area contributed by atoms with Gasteiger partial charge in [-0.25, -0.2) is 4.79 Å². The molecule has 0 unspecified atom stereocenters. The van der Waals surface area contributed by atoms with E-state index in [4.69, 9.17) is 4.52 Å². The number of rotatable bonds is 3. The smallest absolute Gasteiger partial charge is 0.318 e. The van der Waals surface area contributed by atoms with E-state index < -0.39 is 0 Å². The molecule has 0 atom stereocenters. The molecule has 0 aromatic carbocycles. The average Bonchev–Trinajstić information content (AvgIpc) is 2.95. The number of carbonyl (C=O) groups is 2. The van der Waals surface area contributed by atoms with Crippen molar-refractivity contribution in [2.45, 2.75) is 39.2 Å². The zero-order valence-electron chi connectivity index (χ0n) is 12.9. The highest BCUT2D eigenvalue weighted by molar-refractivity contribution is 5.85. The summed E-state index contributed by atoms with van der Waals surface area (Å²) in [6, 6.07) is -0.211. The number of fused-ring (bicyclic) bond motifs is 1. The second-order valence-electron chi connectivity index (χ2n) is 5.79. The molecule has 7 heteroatoms. The minimum Gasteiger partial charge on any atom is -0.361 e. The number of aryl methyl sites for hydroxylation is 1. The zero-order chi connectivity index (χ0) is 15.5. The van der Waals surface area contributed by atoms with Gasteiger partial charge in [0, 0.05) is 31.6 Å². The molecular weight excluding hydrogens is 284 g/mol. The van der Waals surface area contributed by atoms with E-state index in [1.54, 1.807) is 9.80 Å². The Kier molecular flexibility index (Phi) is 4.31. The van der Waals surface area contributed by atoms with Crippen LogP contribution in [0.15, 0.2) is 4.52 Å². The summed E-state index contributed by atoms with van der Waals surface area (Å²) in [7, 11) is 0. The Morgan fingerprint density at radius 1 is 1.32 bits per heavy atom. The molecule has 2 heterocycles. The van der Waals surface area contributed by atoms with Crippen LogP contribution >= 0.6 is 0 Å². The van der Waals surface area contributed by atoms with Crippen LogP contribution < -0.4 is 5.32 Å². The van der Waals surface area contributed by atoms with E-state index in [0.717, 1.165) is 42.7 Å². The van der Waals surface area contributed by atoms with E-state index in [9.17, 15) is 9.59 Å². The molecule has 7 nitrogen and oxygen atoms in total. The number of nitrogens with one attached hydrogen (secondary N) is 1. The molecule has 2 aliphatic rings. The van der Waals surface area contributed by atoms with Crippen molar-refractivity contribution in [1.82, 2.24) is 20.3 Å². The fraction of sp³-hybridized carbons (Fsp3) is 0.667. The van der Waals surface area contributed by atoms with Crippen LogP contribution in [0.1, 0.15) is 36.8 Å². The maximum atomic E-state index is 12.2. The summed E-state index contributed by atoms with van der Waals surface area (Å²) in [5.74, 6) is 0.963. The van der Waals surface area contributed by atoms with Gasteiger partial charge in [0.1, 0.15) is 18.0 Å². The normalized spacial score (nSPS) is 18.3. The Bertz CT molecular complexity index is 569. The standard InChI is InChI=1S/C15H22N4O3/c1-2-18-7-8-19(10-14(18)20)15(21)16-9-12-11-5-3-4-6-13(11)22-17-12/h2-10H2,1H3,(H,16,21). The van der Waals surface area contributed by atoms with Gasteiger partial charge in [-0.3, -0.25) is 4.79 Å². The number of hydrogen-bond donors (Lipinski definition) is 1. The molecular formula is C15H22N4O3. The Morgan fingerprint density at radius 3 is 2.91 bits per heavy atom. The minimum absolute atomic E-state index is 0.00251. The van der Waals surface area contributed by atoms with Crippen LogP contribution in [0.4, 0.5) is 4.79 Å². The lowest BCUT2D eigenvalue weighted by Crippen LogP contribution is -2.54. The van der Waals surface area contributed by atoms with E-state index in [2.05, 4.69) is 10.5 Å². The van der Waals surface area contributed by atoms with Crippen LogP contribution in [0.3, 0.4) is 0 Å². The number of likely N-dealkylation sites (N-methyl/N-ethyl adjacent to an activating group) is 1. The van der Waals surface area contributed by atoms with Gasteiger partial charge in [0.15, 0.2) is 0 Å². The highest BCUT2D eigenvalue weighted by Gasteiger charge is 2.26. The molecule has 0 bridgehead atoms. The summed E-state index contributed by atoms with van der Waals surface area (Å²) in [4.78, 5) is 27.3. The molecule has 22 heavy (non-hydrogen) atoms. The van der Waals surface area contributed by atoms with Crippen LogP contribution in [-0.4, -0.2) is 53.1 Å². The van der Waals surface area contributed by atoms with E-state index in [1.807, 2.05) is 6.92 Å². The summed E-state index contributed by atoms with van der Waals surface area (Å²) in [5.41, 5.74) is 1.97. The minimum atomic E-state index is -0.211. The van der Waals surface area contributed by atoms with Gasteiger partial charge in [0.2, 0.25) is 5.91 Å². The predicted octanol–water partition coefficient (Wildman–Crippen LogP) is 0.927. The molecule has 0 spiro atoms. The summed E-state index contributed by atoms with van der Waals surface area (Å²) < 4.78 is 5.33. The topological polar surface area (TPSA) is 78.7 Å². The highest BCUT2D eigenvalue weighted by atomic mass is 16.5. The van der Waals surface area contributed by atoms with Crippen molar-refractivity contribution in [3.05, 3.63) is 17.0 Å². The third-order valence-corrected chi connectivity index (χ3v) is 4.43. The number of piperazine rings is 1. The molecule has 1 saturated heterocycles. The van der Waals surface area contributed by atoms with Crippen LogP contribution in [0, 0.1) is 0 Å². The number of carbonyl (C=O) groups excluding carboxylic acids is 2. The van der Waals surface area contributed by atoms with Crippen LogP contribution in [0.5, 0.6) is 0 Å².